The Morgan fingerprint density at radius 2 is 2.00 bits per heavy atom. The first kappa shape index (κ1) is 20.4. The van der Waals surface area contributed by atoms with Gasteiger partial charge in [0.1, 0.15) is 5.75 Å². The molecule has 1 aromatic carbocycles. The highest BCUT2D eigenvalue weighted by Gasteiger charge is 2.47. The number of rotatable bonds is 6. The molecule has 2 atom stereocenters. The van der Waals surface area contributed by atoms with Gasteiger partial charge in [0.15, 0.2) is 0 Å². The molecule has 28 heavy (non-hydrogen) atoms. The van der Waals surface area contributed by atoms with Crippen LogP contribution in [0.1, 0.15) is 38.7 Å². The summed E-state index contributed by atoms with van der Waals surface area (Å²) in [7, 11) is 0. The SMILES string of the molecule is CCN(CC)c1ccc2c(c1)OC(=O)C(CCOC(=O)N1CC(F)(F)C1)C2C. The first-order valence-electron chi connectivity index (χ1n) is 9.66. The van der Waals surface area contributed by atoms with Gasteiger partial charge in [-0.25, -0.2) is 13.6 Å². The molecule has 1 aromatic rings. The Bertz CT molecular complexity index is 744. The fourth-order valence-corrected chi connectivity index (χ4v) is 3.75. The Balaban J connectivity index is 1.59. The molecule has 2 unspecified atom stereocenters. The second-order valence-electron chi connectivity index (χ2n) is 7.33. The molecule has 0 spiro atoms. The van der Waals surface area contributed by atoms with Gasteiger partial charge >= 0.3 is 12.1 Å². The summed E-state index contributed by atoms with van der Waals surface area (Å²) in [6.07, 6.45) is -0.486. The second kappa shape index (κ2) is 7.93. The molecule has 2 aliphatic rings. The molecule has 154 valence electrons. The molecule has 1 saturated heterocycles. The number of amides is 1. The molecule has 0 bridgehead atoms. The predicted molar refractivity (Wildman–Crippen MR) is 100 cm³/mol. The van der Waals surface area contributed by atoms with E-state index in [0.29, 0.717) is 5.75 Å². The van der Waals surface area contributed by atoms with E-state index in [1.165, 1.54) is 0 Å². The quantitative estimate of drug-likeness (QED) is 0.543. The van der Waals surface area contributed by atoms with Gasteiger partial charge in [0.2, 0.25) is 0 Å². The molecular weight excluding hydrogens is 370 g/mol. The van der Waals surface area contributed by atoms with Gasteiger partial charge in [-0.3, -0.25) is 9.69 Å². The number of fused-ring (bicyclic) bond motifs is 1. The van der Waals surface area contributed by atoms with Gasteiger partial charge < -0.3 is 14.4 Å². The highest BCUT2D eigenvalue weighted by Crippen LogP contribution is 2.41. The number of carbonyl (C=O) groups excluding carboxylic acids is 2. The van der Waals surface area contributed by atoms with Crippen LogP contribution in [0.5, 0.6) is 5.75 Å². The van der Waals surface area contributed by atoms with Crippen LogP contribution in [-0.4, -0.2) is 55.7 Å². The van der Waals surface area contributed by atoms with Crippen LogP contribution < -0.4 is 9.64 Å². The summed E-state index contributed by atoms with van der Waals surface area (Å²) in [5.41, 5.74) is 1.94. The van der Waals surface area contributed by atoms with Gasteiger partial charge in [0.25, 0.3) is 5.92 Å². The summed E-state index contributed by atoms with van der Waals surface area (Å²) in [5.74, 6) is -3.15. The molecular formula is C20H26F2N2O4. The van der Waals surface area contributed by atoms with Crippen LogP contribution in [-0.2, 0) is 9.53 Å². The van der Waals surface area contributed by atoms with Crippen molar-refractivity contribution < 1.29 is 27.8 Å². The van der Waals surface area contributed by atoms with E-state index in [2.05, 4.69) is 18.7 Å². The summed E-state index contributed by atoms with van der Waals surface area (Å²) in [6.45, 7) is 6.54. The molecule has 2 aliphatic heterocycles. The fourth-order valence-electron chi connectivity index (χ4n) is 3.75. The van der Waals surface area contributed by atoms with Gasteiger partial charge in [0, 0.05) is 24.8 Å². The molecule has 0 aromatic heterocycles. The third kappa shape index (κ3) is 4.05. The minimum Gasteiger partial charge on any atom is -0.449 e. The maximum Gasteiger partial charge on any atom is 0.410 e. The predicted octanol–water partition coefficient (Wildman–Crippen LogP) is 3.65. The lowest BCUT2D eigenvalue weighted by atomic mass is 9.83. The van der Waals surface area contributed by atoms with Gasteiger partial charge in [-0.05, 0) is 37.8 Å². The summed E-state index contributed by atoms with van der Waals surface area (Å²) >= 11 is 0. The number of nitrogens with zero attached hydrogens (tertiary/aromatic N) is 2. The van der Waals surface area contributed by atoms with Crippen LogP contribution in [0.15, 0.2) is 18.2 Å². The van der Waals surface area contributed by atoms with E-state index >= 15 is 0 Å². The third-order valence-corrected chi connectivity index (χ3v) is 5.49. The first-order chi connectivity index (χ1) is 13.3. The number of benzene rings is 1. The van der Waals surface area contributed by atoms with Crippen LogP contribution >= 0.6 is 0 Å². The molecule has 6 nitrogen and oxygen atoms in total. The largest absolute Gasteiger partial charge is 0.449 e. The molecule has 1 amide bonds. The zero-order valence-electron chi connectivity index (χ0n) is 16.4. The maximum atomic E-state index is 12.8. The van der Waals surface area contributed by atoms with Crippen LogP contribution in [0.4, 0.5) is 19.3 Å². The van der Waals surface area contributed by atoms with Crippen molar-refractivity contribution in [3.63, 3.8) is 0 Å². The van der Waals surface area contributed by atoms with Gasteiger partial charge in [-0.1, -0.05) is 13.0 Å². The maximum absolute atomic E-state index is 12.8. The van der Waals surface area contributed by atoms with Gasteiger partial charge in [0.05, 0.1) is 25.6 Å². The minimum atomic E-state index is -2.82. The molecule has 0 radical (unpaired) electrons. The molecule has 0 saturated carbocycles. The Kier molecular flexibility index (Phi) is 5.76. The van der Waals surface area contributed by atoms with Crippen molar-refractivity contribution in [2.75, 3.05) is 37.7 Å². The smallest absolute Gasteiger partial charge is 0.410 e. The lowest BCUT2D eigenvalue weighted by Gasteiger charge is -2.37. The van der Waals surface area contributed by atoms with Crippen molar-refractivity contribution in [2.45, 2.75) is 39.0 Å². The topological polar surface area (TPSA) is 59.1 Å². The lowest BCUT2D eigenvalue weighted by Crippen LogP contribution is -2.58. The molecule has 3 rings (SSSR count). The average Bonchev–Trinajstić information content (AvgIpc) is 2.63. The van der Waals surface area contributed by atoms with Gasteiger partial charge in [-0.15, -0.1) is 0 Å². The standard InChI is InChI=1S/C20H26F2N2O4/c1-4-23(5-2)14-6-7-15-13(3)16(18(25)28-17(15)10-14)8-9-27-19(26)24-11-20(21,22)12-24/h6-7,10,13,16H,4-5,8-9,11-12H2,1-3H3. The number of halogens is 2. The highest BCUT2D eigenvalue weighted by molar-refractivity contribution is 5.80. The summed E-state index contributed by atoms with van der Waals surface area (Å²) in [4.78, 5) is 27.3. The summed E-state index contributed by atoms with van der Waals surface area (Å²) < 4.78 is 36.2. The van der Waals surface area contributed by atoms with E-state index < -0.39 is 31.0 Å². The zero-order chi connectivity index (χ0) is 20.5. The van der Waals surface area contributed by atoms with Crippen LogP contribution in [0.2, 0.25) is 0 Å². The average molecular weight is 396 g/mol. The van der Waals surface area contributed by atoms with Crippen molar-refractivity contribution in [3.05, 3.63) is 23.8 Å². The van der Waals surface area contributed by atoms with Crippen molar-refractivity contribution in [3.8, 4) is 5.75 Å². The number of hydrogen-bond donors (Lipinski definition) is 0. The van der Waals surface area contributed by atoms with E-state index in [1.54, 1.807) is 0 Å². The Morgan fingerprint density at radius 1 is 1.32 bits per heavy atom. The Hall–Kier alpha value is -2.38. The fraction of sp³-hybridized carbons (Fsp3) is 0.600. The van der Waals surface area contributed by atoms with Crippen molar-refractivity contribution in [2.24, 2.45) is 5.92 Å². The molecule has 0 aliphatic carbocycles. The second-order valence-corrected chi connectivity index (χ2v) is 7.33. The summed E-state index contributed by atoms with van der Waals surface area (Å²) in [5, 5.41) is 0. The number of likely N-dealkylation sites (tertiary alicyclic amines) is 1. The highest BCUT2D eigenvalue weighted by atomic mass is 19.3. The van der Waals surface area contributed by atoms with Gasteiger partial charge in [-0.2, -0.15) is 0 Å². The number of ether oxygens (including phenoxy) is 2. The third-order valence-electron chi connectivity index (χ3n) is 5.49. The van der Waals surface area contributed by atoms with Crippen LogP contribution in [0.25, 0.3) is 0 Å². The number of alkyl halides is 2. The van der Waals surface area contributed by atoms with E-state index in [4.69, 9.17) is 9.47 Å². The zero-order valence-corrected chi connectivity index (χ0v) is 16.4. The Morgan fingerprint density at radius 3 is 2.61 bits per heavy atom. The first-order valence-corrected chi connectivity index (χ1v) is 9.66. The minimum absolute atomic E-state index is 0.0160. The van der Waals surface area contributed by atoms with E-state index in [-0.39, 0.29) is 24.9 Å². The Labute approximate surface area is 163 Å². The normalized spacial score (nSPS) is 22.8. The van der Waals surface area contributed by atoms with Crippen molar-refractivity contribution in [1.29, 1.82) is 0 Å². The van der Waals surface area contributed by atoms with E-state index in [0.717, 1.165) is 29.2 Å². The number of anilines is 1. The van der Waals surface area contributed by atoms with Crippen LogP contribution in [0, 0.1) is 5.92 Å². The molecule has 2 heterocycles. The lowest BCUT2D eigenvalue weighted by molar-refractivity contribution is -0.142. The number of esters is 1. The van der Waals surface area contributed by atoms with E-state index in [9.17, 15) is 18.4 Å². The van der Waals surface area contributed by atoms with Crippen LogP contribution in [0.3, 0.4) is 0 Å². The van der Waals surface area contributed by atoms with Crippen molar-refractivity contribution in [1.82, 2.24) is 4.90 Å². The molecule has 8 heteroatoms. The molecule has 0 N–H and O–H groups in total. The summed E-state index contributed by atoms with van der Waals surface area (Å²) in [6, 6.07) is 5.88. The monoisotopic (exact) mass is 396 g/mol. The number of hydrogen-bond acceptors (Lipinski definition) is 5. The van der Waals surface area contributed by atoms with E-state index in [1.807, 2.05) is 25.1 Å². The van der Waals surface area contributed by atoms with Crippen molar-refractivity contribution >= 4 is 17.7 Å². The number of carbonyl (C=O) groups is 2. The molecule has 1 fully saturated rings.